The molecule has 2 aromatic carbocycles. The van der Waals surface area contributed by atoms with Gasteiger partial charge in [-0.2, -0.15) is 5.10 Å². The third-order valence-corrected chi connectivity index (χ3v) is 11.2. The summed E-state index contributed by atoms with van der Waals surface area (Å²) in [6.07, 6.45) is 2.76. The van der Waals surface area contributed by atoms with E-state index < -0.39 is 23.7 Å². The highest BCUT2D eigenvalue weighted by Gasteiger charge is 2.35. The number of aliphatic hydroxyl groups excluding tert-OH is 1. The molecule has 0 aliphatic carbocycles. The maximum absolute atomic E-state index is 16.4. The number of benzene rings is 2. The van der Waals surface area contributed by atoms with Gasteiger partial charge in [-0.1, -0.05) is 12.6 Å². The minimum atomic E-state index is -0.954. The maximum atomic E-state index is 16.4. The van der Waals surface area contributed by atoms with Gasteiger partial charge in [0.05, 0.1) is 57.7 Å². The zero-order valence-corrected chi connectivity index (χ0v) is 29.8. The average Bonchev–Trinajstić information content (AvgIpc) is 3.91. The molecule has 1 saturated heterocycles. The van der Waals surface area contributed by atoms with E-state index in [2.05, 4.69) is 11.6 Å². The van der Waals surface area contributed by atoms with Crippen LogP contribution < -0.4 is 4.74 Å². The molecule has 1 fully saturated rings. The first kappa shape index (κ1) is 34.1. The number of halogens is 3. The molecule has 1 amide bonds. The predicted octanol–water partition coefficient (Wildman–Crippen LogP) is 7.10. The number of rotatable bonds is 7. The summed E-state index contributed by atoms with van der Waals surface area (Å²) < 4.78 is 58.1. The van der Waals surface area contributed by atoms with Gasteiger partial charge in [-0.25, -0.2) is 23.1 Å². The Morgan fingerprint density at radius 1 is 1.08 bits per heavy atom. The van der Waals surface area contributed by atoms with Gasteiger partial charge in [0.2, 0.25) is 5.91 Å². The van der Waals surface area contributed by atoms with Crippen molar-refractivity contribution in [2.75, 3.05) is 26.7 Å². The van der Waals surface area contributed by atoms with Gasteiger partial charge < -0.3 is 19.3 Å². The first-order valence-corrected chi connectivity index (χ1v) is 17.9. The number of aliphatic hydroxyl groups is 1. The van der Waals surface area contributed by atoms with Gasteiger partial charge in [0.15, 0.2) is 0 Å². The number of carbonyl (C=O) groups is 1. The molecule has 14 heteroatoms. The number of aryl methyl sites for hydroxylation is 1. The monoisotopic (exact) mass is 727 g/mol. The summed E-state index contributed by atoms with van der Waals surface area (Å²) in [7, 11) is 3.68. The van der Waals surface area contributed by atoms with E-state index in [1.807, 2.05) is 48.3 Å². The van der Waals surface area contributed by atoms with Crippen molar-refractivity contribution in [3.05, 3.63) is 83.9 Å². The molecule has 6 aromatic rings. The number of imidazole rings is 1. The number of ether oxygens (including phenoxy) is 1. The number of carbonyl (C=O) groups excluding carboxylic acids is 1. The Hall–Kier alpha value is -5.05. The summed E-state index contributed by atoms with van der Waals surface area (Å²) in [6.45, 7) is 8.45. The Morgan fingerprint density at radius 2 is 1.88 bits per heavy atom. The van der Waals surface area contributed by atoms with Crippen LogP contribution in [0.2, 0.25) is 0 Å². The number of hydrogen-bond donors (Lipinski definition) is 1. The van der Waals surface area contributed by atoms with Crippen molar-refractivity contribution in [1.29, 1.82) is 0 Å². The van der Waals surface area contributed by atoms with Gasteiger partial charge >= 0.3 is 0 Å². The number of thiophene rings is 1. The van der Waals surface area contributed by atoms with Crippen LogP contribution >= 0.6 is 11.3 Å². The summed E-state index contributed by atoms with van der Waals surface area (Å²) in [5.41, 5.74) is 3.83. The second-order valence-corrected chi connectivity index (χ2v) is 14.6. The van der Waals surface area contributed by atoms with Crippen LogP contribution in [0, 0.1) is 23.4 Å². The quantitative estimate of drug-likeness (QED) is 0.175. The first-order valence-electron chi connectivity index (χ1n) is 17.0. The van der Waals surface area contributed by atoms with Crippen molar-refractivity contribution in [3.63, 3.8) is 0 Å². The smallest absolute Gasteiger partial charge is 0.246 e. The summed E-state index contributed by atoms with van der Waals surface area (Å²) in [4.78, 5) is 25.9. The van der Waals surface area contributed by atoms with Crippen LogP contribution in [0.1, 0.15) is 38.0 Å². The van der Waals surface area contributed by atoms with Crippen molar-refractivity contribution >= 4 is 38.4 Å². The summed E-state index contributed by atoms with van der Waals surface area (Å²) in [5, 5.41) is 16.7. The molecular weight excluding hydrogens is 692 g/mol. The molecule has 1 unspecified atom stereocenters. The van der Waals surface area contributed by atoms with Crippen LogP contribution in [0.4, 0.5) is 13.2 Å². The number of nitrogens with zero attached hydrogens (tertiary/aromatic N) is 7. The first-order chi connectivity index (χ1) is 24.9. The molecule has 2 aliphatic rings. The van der Waals surface area contributed by atoms with E-state index in [1.54, 1.807) is 29.2 Å². The topological polar surface area (TPSA) is 102 Å². The van der Waals surface area contributed by atoms with E-state index in [0.29, 0.717) is 52.4 Å². The molecular formula is C38H36F3N7O3S. The van der Waals surface area contributed by atoms with Crippen LogP contribution in [-0.2, 0) is 11.8 Å². The summed E-state index contributed by atoms with van der Waals surface area (Å²) in [5.74, 6) is -2.87. The Labute approximate surface area is 301 Å². The molecule has 2 aliphatic heterocycles. The number of fused-ring (bicyclic) bond motifs is 3. The third kappa shape index (κ3) is 5.56. The zero-order valence-electron chi connectivity index (χ0n) is 29.0. The molecule has 4 atom stereocenters. The van der Waals surface area contributed by atoms with E-state index in [9.17, 15) is 14.3 Å². The van der Waals surface area contributed by atoms with Gasteiger partial charge in [0.1, 0.15) is 40.8 Å². The number of hydrogen-bond acceptors (Lipinski definition) is 8. The maximum Gasteiger partial charge on any atom is 0.246 e. The Balaban J connectivity index is 1.38. The Morgan fingerprint density at radius 3 is 2.63 bits per heavy atom. The lowest BCUT2D eigenvalue weighted by Gasteiger charge is -2.36. The minimum absolute atomic E-state index is 0.0679. The summed E-state index contributed by atoms with van der Waals surface area (Å²) >= 11 is 1.13. The second kappa shape index (κ2) is 12.9. The number of pyridine rings is 1. The molecule has 0 saturated carbocycles. The van der Waals surface area contributed by atoms with Crippen LogP contribution in [0.3, 0.4) is 0 Å². The largest absolute Gasteiger partial charge is 0.492 e. The minimum Gasteiger partial charge on any atom is -0.492 e. The summed E-state index contributed by atoms with van der Waals surface area (Å²) in [6, 6.07) is 8.68. The fraction of sp³-hybridized carbons (Fsp3) is 0.316. The van der Waals surface area contributed by atoms with E-state index in [4.69, 9.17) is 14.8 Å². The van der Waals surface area contributed by atoms with E-state index in [1.165, 1.54) is 11.5 Å². The molecule has 1 N–H and O–H groups in total. The molecule has 4 aromatic heterocycles. The average molecular weight is 728 g/mol. The fourth-order valence-electron chi connectivity index (χ4n) is 7.57. The highest BCUT2D eigenvalue weighted by atomic mass is 32.1. The molecule has 0 radical (unpaired) electrons. The van der Waals surface area contributed by atoms with E-state index in [0.717, 1.165) is 29.0 Å². The predicted molar refractivity (Wildman–Crippen MR) is 193 cm³/mol. The van der Waals surface area contributed by atoms with Gasteiger partial charge in [-0.15, -0.1) is 11.3 Å². The molecule has 10 nitrogen and oxygen atoms in total. The van der Waals surface area contributed by atoms with Gasteiger partial charge in [-0.3, -0.25) is 14.4 Å². The van der Waals surface area contributed by atoms with Gasteiger partial charge in [-0.05, 0) is 51.6 Å². The van der Waals surface area contributed by atoms with Crippen molar-refractivity contribution in [2.45, 2.75) is 38.6 Å². The SMILES string of the molecule is C=CC(=O)N1C[C@H](C)n2nc(-c3nc(-c4ccc5c(c4)ncn5C)c4scc(F)c4c3-c3c(F)cc(F)cc3OC[C@H]3CC(O)N(C)C3)cc2[C@H]1C. The van der Waals surface area contributed by atoms with E-state index >= 15 is 8.78 Å². The Kier molecular flexibility index (Phi) is 8.43. The number of likely N-dealkylation sites (tertiary alicyclic amines) is 1. The standard InChI is InChI=1S/C38H36F3N7O3S/c1-6-31(49)47-14-19(2)48-29(20(47)3)13-27(44-48)37-35(33-24(40)11-23(39)12-30(33)51-16-21-9-32(50)45(4)15-21)34-25(41)17-52-38(34)36(43-37)22-7-8-28-26(10-22)42-18-46(28)5/h6-8,10-13,17-21,32,50H,1,9,14-16H2,2-5H3/t19-,20+,21-,32?/m0/s1. The Bertz CT molecular complexity index is 2390. The molecule has 0 bridgehead atoms. The van der Waals surface area contributed by atoms with Gasteiger partial charge in [0.25, 0.3) is 0 Å². The van der Waals surface area contributed by atoms with E-state index in [-0.39, 0.29) is 58.5 Å². The molecule has 0 spiro atoms. The number of aromatic nitrogens is 5. The number of amides is 1. The van der Waals surface area contributed by atoms with Gasteiger partial charge in [0, 0.05) is 60.1 Å². The van der Waals surface area contributed by atoms with Crippen molar-refractivity contribution in [3.8, 4) is 39.5 Å². The lowest BCUT2D eigenvalue weighted by Crippen LogP contribution is -2.42. The van der Waals surface area contributed by atoms with Crippen LogP contribution in [0.25, 0.3) is 54.9 Å². The van der Waals surface area contributed by atoms with Crippen molar-refractivity contribution in [1.82, 2.24) is 34.1 Å². The second-order valence-electron chi connectivity index (χ2n) is 13.7. The lowest BCUT2D eigenvalue weighted by molar-refractivity contribution is -0.129. The third-order valence-electron chi connectivity index (χ3n) is 10.3. The van der Waals surface area contributed by atoms with Crippen molar-refractivity contribution in [2.24, 2.45) is 13.0 Å². The normalized spacial score (nSPS) is 20.6. The van der Waals surface area contributed by atoms with Crippen LogP contribution in [-0.4, -0.2) is 78.1 Å². The van der Waals surface area contributed by atoms with Crippen LogP contribution in [0.5, 0.6) is 5.75 Å². The molecule has 6 heterocycles. The van der Waals surface area contributed by atoms with Crippen molar-refractivity contribution < 1.29 is 27.8 Å². The van der Waals surface area contributed by atoms with Crippen LogP contribution in [0.15, 0.2) is 60.8 Å². The molecule has 8 rings (SSSR count). The highest BCUT2D eigenvalue weighted by molar-refractivity contribution is 7.17. The molecule has 268 valence electrons. The highest BCUT2D eigenvalue weighted by Crippen LogP contribution is 2.48. The fourth-order valence-corrected chi connectivity index (χ4v) is 8.50. The zero-order chi connectivity index (χ0) is 36.6. The molecule has 52 heavy (non-hydrogen) atoms. The lowest BCUT2D eigenvalue weighted by atomic mass is 9.94.